The molecule has 0 radical (unpaired) electrons. The molecule has 0 spiro atoms. The SMILES string of the molecule is O=C(O)C1CCN(S(=O)(=O)c2ccc3[nH]c(=O)sc3c2)CC1. The number of piperidine rings is 1. The second-order valence-electron chi connectivity index (χ2n) is 5.19. The van der Waals surface area contributed by atoms with E-state index in [1.807, 2.05) is 0 Å². The maximum absolute atomic E-state index is 12.6. The average molecular weight is 342 g/mol. The maximum atomic E-state index is 12.6. The molecule has 1 fully saturated rings. The van der Waals surface area contributed by atoms with Gasteiger partial charge < -0.3 is 10.1 Å². The van der Waals surface area contributed by atoms with Crippen LogP contribution in [-0.2, 0) is 14.8 Å². The number of carbonyl (C=O) groups is 1. The monoisotopic (exact) mass is 342 g/mol. The van der Waals surface area contributed by atoms with Gasteiger partial charge >= 0.3 is 10.8 Å². The van der Waals surface area contributed by atoms with E-state index in [1.165, 1.54) is 16.4 Å². The number of aromatic nitrogens is 1. The molecule has 0 bridgehead atoms. The molecule has 7 nitrogen and oxygen atoms in total. The fourth-order valence-corrected chi connectivity index (χ4v) is 4.93. The predicted molar refractivity (Wildman–Crippen MR) is 81.6 cm³/mol. The van der Waals surface area contributed by atoms with Crippen molar-refractivity contribution in [2.75, 3.05) is 13.1 Å². The number of fused-ring (bicyclic) bond motifs is 1. The lowest BCUT2D eigenvalue weighted by molar-refractivity contribution is -0.142. The minimum Gasteiger partial charge on any atom is -0.481 e. The predicted octanol–water partition coefficient (Wildman–Crippen LogP) is 1.07. The molecule has 0 aliphatic carbocycles. The molecule has 22 heavy (non-hydrogen) atoms. The molecule has 1 aromatic heterocycles. The first-order chi connectivity index (χ1) is 10.4. The molecule has 0 atom stereocenters. The molecule has 118 valence electrons. The minimum atomic E-state index is -3.66. The van der Waals surface area contributed by atoms with Gasteiger partial charge in [0.15, 0.2) is 0 Å². The van der Waals surface area contributed by atoms with Crippen molar-refractivity contribution < 1.29 is 18.3 Å². The van der Waals surface area contributed by atoms with Crippen LogP contribution in [0, 0.1) is 5.92 Å². The van der Waals surface area contributed by atoms with Crippen molar-refractivity contribution in [2.24, 2.45) is 5.92 Å². The van der Waals surface area contributed by atoms with Crippen LogP contribution in [-0.4, -0.2) is 41.9 Å². The van der Waals surface area contributed by atoms with Gasteiger partial charge in [-0.25, -0.2) is 8.42 Å². The summed E-state index contributed by atoms with van der Waals surface area (Å²) in [5.74, 6) is -1.36. The van der Waals surface area contributed by atoms with Crippen LogP contribution in [0.5, 0.6) is 0 Å². The highest BCUT2D eigenvalue weighted by Gasteiger charge is 2.32. The number of benzene rings is 1. The minimum absolute atomic E-state index is 0.129. The molecule has 0 unspecified atom stereocenters. The Kier molecular flexibility index (Phi) is 3.79. The zero-order chi connectivity index (χ0) is 15.9. The van der Waals surface area contributed by atoms with E-state index >= 15 is 0 Å². The van der Waals surface area contributed by atoms with E-state index in [0.717, 1.165) is 11.3 Å². The van der Waals surface area contributed by atoms with Crippen molar-refractivity contribution in [3.8, 4) is 0 Å². The molecule has 1 saturated heterocycles. The fraction of sp³-hybridized carbons (Fsp3) is 0.385. The molecule has 1 aliphatic heterocycles. The Morgan fingerprint density at radius 1 is 1.32 bits per heavy atom. The van der Waals surface area contributed by atoms with Crippen molar-refractivity contribution in [3.63, 3.8) is 0 Å². The fourth-order valence-electron chi connectivity index (χ4n) is 2.58. The van der Waals surface area contributed by atoms with Gasteiger partial charge in [-0.05, 0) is 31.0 Å². The highest BCUT2D eigenvalue weighted by Crippen LogP contribution is 2.26. The van der Waals surface area contributed by atoms with Crippen LogP contribution < -0.4 is 4.87 Å². The van der Waals surface area contributed by atoms with E-state index in [9.17, 15) is 18.0 Å². The van der Waals surface area contributed by atoms with Crippen LogP contribution >= 0.6 is 11.3 Å². The Morgan fingerprint density at radius 3 is 2.64 bits per heavy atom. The van der Waals surface area contributed by atoms with Gasteiger partial charge in [-0.15, -0.1) is 0 Å². The second-order valence-corrected chi connectivity index (χ2v) is 8.14. The smallest absolute Gasteiger partial charge is 0.306 e. The number of aromatic amines is 1. The lowest BCUT2D eigenvalue weighted by Gasteiger charge is -2.29. The summed E-state index contributed by atoms with van der Waals surface area (Å²) in [7, 11) is -3.66. The van der Waals surface area contributed by atoms with Gasteiger partial charge in [0.25, 0.3) is 0 Å². The summed E-state index contributed by atoms with van der Waals surface area (Å²) in [6.07, 6.45) is 0.628. The van der Waals surface area contributed by atoms with Crippen molar-refractivity contribution in [3.05, 3.63) is 27.9 Å². The number of carboxylic acid groups (broad SMARTS) is 1. The number of rotatable bonds is 3. The molecule has 2 heterocycles. The van der Waals surface area contributed by atoms with Crippen molar-refractivity contribution >= 4 is 37.5 Å². The Labute approximate surface area is 130 Å². The second kappa shape index (κ2) is 5.49. The quantitative estimate of drug-likeness (QED) is 0.868. The summed E-state index contributed by atoms with van der Waals surface area (Å²) in [4.78, 5) is 24.8. The Bertz CT molecular complexity index is 875. The first-order valence-corrected chi connectivity index (χ1v) is 8.99. The summed E-state index contributed by atoms with van der Waals surface area (Å²) in [6.45, 7) is 0.390. The Hall–Kier alpha value is -1.71. The Morgan fingerprint density at radius 2 is 2.00 bits per heavy atom. The van der Waals surface area contributed by atoms with Crippen molar-refractivity contribution in [2.45, 2.75) is 17.7 Å². The molecule has 1 aliphatic rings. The first kappa shape index (κ1) is 15.2. The number of thiazole rings is 1. The largest absolute Gasteiger partial charge is 0.481 e. The van der Waals surface area contributed by atoms with Gasteiger partial charge in [-0.2, -0.15) is 4.31 Å². The van der Waals surface area contributed by atoms with Crippen molar-refractivity contribution in [1.29, 1.82) is 0 Å². The van der Waals surface area contributed by atoms with E-state index in [4.69, 9.17) is 5.11 Å². The van der Waals surface area contributed by atoms with Gasteiger partial charge in [0.2, 0.25) is 10.0 Å². The van der Waals surface area contributed by atoms with E-state index in [2.05, 4.69) is 4.98 Å². The molecule has 3 rings (SSSR count). The number of carboxylic acids is 1. The van der Waals surface area contributed by atoms with Gasteiger partial charge in [0.05, 0.1) is 21.0 Å². The molecule has 0 amide bonds. The van der Waals surface area contributed by atoms with Crippen LogP contribution in [0.25, 0.3) is 10.2 Å². The Balaban J connectivity index is 1.88. The van der Waals surface area contributed by atoms with Gasteiger partial charge in [-0.3, -0.25) is 9.59 Å². The lowest BCUT2D eigenvalue weighted by atomic mass is 9.99. The number of H-pyrrole nitrogens is 1. The normalized spacial score (nSPS) is 17.8. The highest BCUT2D eigenvalue weighted by atomic mass is 32.2. The maximum Gasteiger partial charge on any atom is 0.306 e. The molecule has 1 aromatic carbocycles. The number of hydrogen-bond donors (Lipinski definition) is 2. The molecule has 9 heteroatoms. The van der Waals surface area contributed by atoms with Gasteiger partial charge in [0.1, 0.15) is 0 Å². The number of nitrogens with one attached hydrogen (secondary N) is 1. The summed E-state index contributed by atoms with van der Waals surface area (Å²) >= 11 is 0.962. The average Bonchev–Trinajstić information content (AvgIpc) is 2.86. The van der Waals surface area contributed by atoms with Crippen LogP contribution in [0.2, 0.25) is 0 Å². The van der Waals surface area contributed by atoms with Crippen LogP contribution in [0.4, 0.5) is 0 Å². The van der Waals surface area contributed by atoms with E-state index < -0.39 is 21.9 Å². The molecular weight excluding hydrogens is 328 g/mol. The summed E-state index contributed by atoms with van der Waals surface area (Å²) in [5.41, 5.74) is 0.610. The molecular formula is C13H14N2O5S2. The summed E-state index contributed by atoms with van der Waals surface area (Å²) in [6, 6.07) is 4.52. The zero-order valence-corrected chi connectivity index (χ0v) is 13.1. The highest BCUT2D eigenvalue weighted by molar-refractivity contribution is 7.89. The standard InChI is InChI=1S/C13H14N2O5S2/c16-12(17)8-3-5-15(6-4-8)22(19,20)9-1-2-10-11(7-9)21-13(18)14-10/h1-2,7-8H,3-6H2,(H,14,18)(H,16,17). The van der Waals surface area contributed by atoms with E-state index in [1.54, 1.807) is 6.07 Å². The third kappa shape index (κ3) is 2.67. The lowest BCUT2D eigenvalue weighted by Crippen LogP contribution is -2.40. The van der Waals surface area contributed by atoms with Crippen molar-refractivity contribution in [1.82, 2.24) is 9.29 Å². The van der Waals surface area contributed by atoms with Crippen LogP contribution in [0.1, 0.15) is 12.8 Å². The number of aliphatic carboxylic acids is 1. The van der Waals surface area contributed by atoms with E-state index in [0.29, 0.717) is 23.1 Å². The summed E-state index contributed by atoms with van der Waals surface area (Å²) in [5, 5.41) is 8.97. The number of sulfonamides is 1. The molecule has 2 N–H and O–H groups in total. The van der Waals surface area contributed by atoms with E-state index in [-0.39, 0.29) is 22.9 Å². The van der Waals surface area contributed by atoms with Crippen LogP contribution in [0.3, 0.4) is 0 Å². The van der Waals surface area contributed by atoms with Crippen LogP contribution in [0.15, 0.2) is 27.9 Å². The third-order valence-corrected chi connectivity index (χ3v) is 6.57. The number of nitrogens with zero attached hydrogens (tertiary/aromatic N) is 1. The zero-order valence-electron chi connectivity index (χ0n) is 11.5. The first-order valence-electron chi connectivity index (χ1n) is 6.74. The third-order valence-electron chi connectivity index (χ3n) is 3.83. The topological polar surface area (TPSA) is 108 Å². The number of hydrogen-bond acceptors (Lipinski definition) is 5. The van der Waals surface area contributed by atoms with Gasteiger partial charge in [0, 0.05) is 13.1 Å². The molecule has 2 aromatic rings. The molecule has 0 saturated carbocycles. The summed E-state index contributed by atoms with van der Waals surface area (Å²) < 4.78 is 27.1. The van der Waals surface area contributed by atoms with Gasteiger partial charge in [-0.1, -0.05) is 11.3 Å².